The Kier molecular flexibility index (Phi) is 6.27. The molecule has 5 heteroatoms. The Labute approximate surface area is 135 Å². The molecule has 1 fully saturated rings. The van der Waals surface area contributed by atoms with E-state index in [2.05, 4.69) is 12.2 Å². The van der Waals surface area contributed by atoms with E-state index in [9.17, 15) is 9.90 Å². The summed E-state index contributed by atoms with van der Waals surface area (Å²) in [6, 6.07) is 0. The highest BCUT2D eigenvalue weighted by Gasteiger charge is 2.33. The highest BCUT2D eigenvalue weighted by Crippen LogP contribution is 2.31. The van der Waals surface area contributed by atoms with E-state index in [0.717, 1.165) is 39.0 Å². The first-order valence-corrected chi connectivity index (χ1v) is 8.26. The Balaban J connectivity index is 2.38. The summed E-state index contributed by atoms with van der Waals surface area (Å²) in [5.41, 5.74) is -0.326. The molecular weight excluding hydrogens is 280 g/mol. The molecule has 5 nitrogen and oxygen atoms in total. The molecule has 22 heavy (non-hydrogen) atoms. The number of nitrogens with one attached hydrogen (secondary N) is 1. The Morgan fingerprint density at radius 1 is 1.23 bits per heavy atom. The van der Waals surface area contributed by atoms with E-state index >= 15 is 0 Å². The molecule has 0 unspecified atom stereocenters. The van der Waals surface area contributed by atoms with Crippen LogP contribution >= 0.6 is 0 Å². The topological polar surface area (TPSA) is 61.8 Å². The van der Waals surface area contributed by atoms with E-state index in [4.69, 9.17) is 4.74 Å². The van der Waals surface area contributed by atoms with Crippen LogP contribution in [0.4, 0.5) is 4.79 Å². The van der Waals surface area contributed by atoms with Crippen molar-refractivity contribution in [3.63, 3.8) is 0 Å². The zero-order valence-electron chi connectivity index (χ0n) is 15.2. The van der Waals surface area contributed by atoms with Gasteiger partial charge in [-0.05, 0) is 39.0 Å². The van der Waals surface area contributed by atoms with Crippen molar-refractivity contribution in [2.45, 2.75) is 60.0 Å². The maximum atomic E-state index is 12.1. The second kappa shape index (κ2) is 7.18. The van der Waals surface area contributed by atoms with Gasteiger partial charge in [0.05, 0.1) is 0 Å². The van der Waals surface area contributed by atoms with Gasteiger partial charge in [0, 0.05) is 38.2 Å². The van der Waals surface area contributed by atoms with Crippen LogP contribution in [0.25, 0.3) is 0 Å². The van der Waals surface area contributed by atoms with Crippen LogP contribution in [-0.4, -0.2) is 54.5 Å². The van der Waals surface area contributed by atoms with Crippen molar-refractivity contribution in [2.75, 3.05) is 32.8 Å². The molecule has 130 valence electrons. The SMILES string of the molecule is CC(C)(CO)CNCC1(C)CCN(C(=O)OC(C)(C)C)CC1. The molecule has 1 aliphatic heterocycles. The Hall–Kier alpha value is -0.810. The molecule has 0 spiro atoms. The average molecular weight is 314 g/mol. The highest BCUT2D eigenvalue weighted by molar-refractivity contribution is 5.68. The van der Waals surface area contributed by atoms with Gasteiger partial charge >= 0.3 is 6.09 Å². The number of aliphatic hydroxyl groups is 1. The predicted molar refractivity (Wildman–Crippen MR) is 88.9 cm³/mol. The fraction of sp³-hybridized carbons (Fsp3) is 0.941. The summed E-state index contributed by atoms with van der Waals surface area (Å²) in [6.07, 6.45) is 1.74. The quantitative estimate of drug-likeness (QED) is 0.819. The summed E-state index contributed by atoms with van der Waals surface area (Å²) in [7, 11) is 0. The third-order valence-electron chi connectivity index (χ3n) is 4.21. The van der Waals surface area contributed by atoms with Gasteiger partial charge in [0.2, 0.25) is 0 Å². The largest absolute Gasteiger partial charge is 0.444 e. The number of nitrogens with zero attached hydrogens (tertiary/aromatic N) is 1. The third-order valence-corrected chi connectivity index (χ3v) is 4.21. The number of carbonyl (C=O) groups excluding carboxylic acids is 1. The van der Waals surface area contributed by atoms with E-state index in [-0.39, 0.29) is 23.5 Å². The van der Waals surface area contributed by atoms with Crippen LogP contribution in [0.15, 0.2) is 0 Å². The van der Waals surface area contributed by atoms with Gasteiger partial charge in [-0.25, -0.2) is 4.79 Å². The molecule has 1 amide bonds. The van der Waals surface area contributed by atoms with Crippen molar-refractivity contribution in [2.24, 2.45) is 10.8 Å². The second-order valence-electron chi connectivity index (χ2n) is 8.70. The number of hydrogen-bond acceptors (Lipinski definition) is 4. The fourth-order valence-corrected chi connectivity index (χ4v) is 2.49. The number of hydrogen-bond donors (Lipinski definition) is 2. The molecular formula is C17H34N2O3. The lowest BCUT2D eigenvalue weighted by Crippen LogP contribution is -2.48. The monoisotopic (exact) mass is 314 g/mol. The van der Waals surface area contributed by atoms with E-state index in [1.54, 1.807) is 0 Å². The summed E-state index contributed by atoms with van der Waals surface area (Å²) in [4.78, 5) is 13.9. The number of carbonyl (C=O) groups is 1. The van der Waals surface area contributed by atoms with Crippen LogP contribution in [-0.2, 0) is 4.74 Å². The summed E-state index contributed by atoms with van der Waals surface area (Å²) in [5, 5.41) is 12.8. The first-order chi connectivity index (χ1) is 9.96. The highest BCUT2D eigenvalue weighted by atomic mass is 16.6. The molecule has 1 aliphatic rings. The smallest absolute Gasteiger partial charge is 0.410 e. The summed E-state index contributed by atoms with van der Waals surface area (Å²) in [6.45, 7) is 15.4. The van der Waals surface area contributed by atoms with Crippen molar-refractivity contribution in [3.05, 3.63) is 0 Å². The second-order valence-corrected chi connectivity index (χ2v) is 8.70. The first kappa shape index (κ1) is 19.2. The van der Waals surface area contributed by atoms with Gasteiger partial charge in [-0.2, -0.15) is 0 Å². The Morgan fingerprint density at radius 2 is 1.77 bits per heavy atom. The van der Waals surface area contributed by atoms with Gasteiger partial charge in [-0.3, -0.25) is 0 Å². The van der Waals surface area contributed by atoms with E-state index in [0.29, 0.717) is 0 Å². The van der Waals surface area contributed by atoms with Crippen molar-refractivity contribution in [3.8, 4) is 0 Å². The summed E-state index contributed by atoms with van der Waals surface area (Å²) >= 11 is 0. The molecule has 2 N–H and O–H groups in total. The Bertz CT molecular complexity index is 367. The zero-order chi connectivity index (χ0) is 17.0. The van der Waals surface area contributed by atoms with E-state index in [1.807, 2.05) is 39.5 Å². The molecule has 0 aromatic carbocycles. The molecule has 0 aromatic rings. The first-order valence-electron chi connectivity index (χ1n) is 8.26. The van der Waals surface area contributed by atoms with Gasteiger partial charge in [-0.1, -0.05) is 20.8 Å². The summed E-state index contributed by atoms with van der Waals surface area (Å²) < 4.78 is 5.43. The van der Waals surface area contributed by atoms with Crippen molar-refractivity contribution < 1.29 is 14.6 Å². The van der Waals surface area contributed by atoms with Crippen LogP contribution in [0.1, 0.15) is 54.4 Å². The maximum absolute atomic E-state index is 12.1. The molecule has 1 rings (SSSR count). The third kappa shape index (κ3) is 6.53. The number of amides is 1. The standard InChI is InChI=1S/C17H34N2O3/c1-15(2,3)22-14(21)19-9-7-17(6,8-10-19)12-18-11-16(4,5)13-20/h18,20H,7-13H2,1-6H3. The van der Waals surface area contributed by atoms with Crippen LogP contribution in [0, 0.1) is 10.8 Å². The molecule has 0 bridgehead atoms. The van der Waals surface area contributed by atoms with Crippen molar-refractivity contribution in [1.82, 2.24) is 10.2 Å². The average Bonchev–Trinajstić information content (AvgIpc) is 2.37. The van der Waals surface area contributed by atoms with Crippen LogP contribution in [0.5, 0.6) is 0 Å². The predicted octanol–water partition coefficient (Wildman–Crippen LogP) is 2.63. The number of likely N-dealkylation sites (tertiary alicyclic amines) is 1. The zero-order valence-corrected chi connectivity index (χ0v) is 15.2. The minimum Gasteiger partial charge on any atom is -0.444 e. The molecule has 0 radical (unpaired) electrons. The molecule has 0 atom stereocenters. The molecule has 0 saturated carbocycles. The minimum atomic E-state index is -0.435. The maximum Gasteiger partial charge on any atom is 0.410 e. The van der Waals surface area contributed by atoms with Crippen LogP contribution in [0.2, 0.25) is 0 Å². The molecule has 1 saturated heterocycles. The fourth-order valence-electron chi connectivity index (χ4n) is 2.49. The lowest BCUT2D eigenvalue weighted by molar-refractivity contribution is 0.0116. The molecule has 1 heterocycles. The number of rotatable bonds is 5. The Morgan fingerprint density at radius 3 is 2.23 bits per heavy atom. The number of aliphatic hydroxyl groups excluding tert-OH is 1. The summed E-state index contributed by atoms with van der Waals surface area (Å²) in [5.74, 6) is 0. The normalized spacial score (nSPS) is 19.1. The van der Waals surface area contributed by atoms with Crippen molar-refractivity contribution >= 4 is 6.09 Å². The lowest BCUT2D eigenvalue weighted by Gasteiger charge is -2.40. The van der Waals surface area contributed by atoms with Gasteiger partial charge in [0.1, 0.15) is 5.60 Å². The number of ether oxygens (including phenoxy) is 1. The van der Waals surface area contributed by atoms with E-state index in [1.165, 1.54) is 0 Å². The lowest BCUT2D eigenvalue weighted by atomic mass is 9.80. The molecule has 0 aliphatic carbocycles. The van der Waals surface area contributed by atoms with Crippen molar-refractivity contribution in [1.29, 1.82) is 0 Å². The molecule has 0 aromatic heterocycles. The van der Waals surface area contributed by atoms with Gasteiger partial charge < -0.3 is 20.1 Å². The van der Waals surface area contributed by atoms with Crippen LogP contribution < -0.4 is 5.32 Å². The minimum absolute atomic E-state index is 0.0897. The van der Waals surface area contributed by atoms with E-state index < -0.39 is 5.60 Å². The van der Waals surface area contributed by atoms with Gasteiger partial charge in [-0.15, -0.1) is 0 Å². The van der Waals surface area contributed by atoms with Crippen LogP contribution in [0.3, 0.4) is 0 Å². The number of piperidine rings is 1. The van der Waals surface area contributed by atoms with Gasteiger partial charge in [0.15, 0.2) is 0 Å². The van der Waals surface area contributed by atoms with Gasteiger partial charge in [0.25, 0.3) is 0 Å².